The summed E-state index contributed by atoms with van der Waals surface area (Å²) in [5, 5.41) is 4.20. The quantitative estimate of drug-likeness (QED) is 0.349. The minimum absolute atomic E-state index is 0.0898. The van der Waals surface area contributed by atoms with Gasteiger partial charge in [0.2, 0.25) is 0 Å². The van der Waals surface area contributed by atoms with Crippen molar-refractivity contribution in [2.45, 2.75) is 32.5 Å². The summed E-state index contributed by atoms with van der Waals surface area (Å²) in [6.07, 6.45) is 1.80. The highest BCUT2D eigenvalue weighted by Crippen LogP contribution is 2.42. The first kappa shape index (κ1) is 23.1. The molecule has 5 nitrogen and oxygen atoms in total. The Morgan fingerprint density at radius 3 is 2.51 bits per heavy atom. The lowest BCUT2D eigenvalue weighted by Gasteiger charge is -2.28. The van der Waals surface area contributed by atoms with Gasteiger partial charge in [-0.25, -0.2) is 4.39 Å². The van der Waals surface area contributed by atoms with Crippen LogP contribution in [0.2, 0.25) is 0 Å². The van der Waals surface area contributed by atoms with Crippen molar-refractivity contribution in [3.8, 4) is 11.4 Å². The predicted molar refractivity (Wildman–Crippen MR) is 139 cm³/mol. The molecule has 2 aromatic carbocycles. The van der Waals surface area contributed by atoms with Crippen LogP contribution in [0.25, 0.3) is 5.69 Å². The molecular formula is C28H27FN4OS. The van der Waals surface area contributed by atoms with Gasteiger partial charge in [0.05, 0.1) is 24.9 Å². The summed E-state index contributed by atoms with van der Waals surface area (Å²) in [5.74, 6) is 0.560. The number of thiocarbonyl (C=S) groups is 1. The molecule has 1 aliphatic rings. The van der Waals surface area contributed by atoms with Gasteiger partial charge in [0.25, 0.3) is 0 Å². The van der Waals surface area contributed by atoms with Crippen molar-refractivity contribution in [2.24, 2.45) is 0 Å². The van der Waals surface area contributed by atoms with Crippen LogP contribution in [0.15, 0.2) is 79.0 Å². The van der Waals surface area contributed by atoms with Gasteiger partial charge in [0.1, 0.15) is 11.6 Å². The number of rotatable bonds is 6. The average molecular weight is 487 g/mol. The van der Waals surface area contributed by atoms with Crippen LogP contribution in [-0.4, -0.2) is 26.7 Å². The Labute approximate surface area is 210 Å². The van der Waals surface area contributed by atoms with Gasteiger partial charge in [-0.05, 0) is 85.7 Å². The fourth-order valence-electron chi connectivity index (χ4n) is 4.94. The molecule has 7 heteroatoms. The highest BCUT2D eigenvalue weighted by molar-refractivity contribution is 7.80. The number of halogens is 1. The third kappa shape index (κ3) is 4.39. The molecule has 2 atom stereocenters. The number of benzene rings is 2. The summed E-state index contributed by atoms with van der Waals surface area (Å²) in [6.45, 7) is 4.76. The van der Waals surface area contributed by atoms with Gasteiger partial charge in [-0.1, -0.05) is 24.3 Å². The molecule has 0 aliphatic carbocycles. The monoisotopic (exact) mass is 486 g/mol. The molecule has 0 amide bonds. The molecule has 35 heavy (non-hydrogen) atoms. The second kappa shape index (κ2) is 9.50. The van der Waals surface area contributed by atoms with Crippen LogP contribution < -0.4 is 10.1 Å². The van der Waals surface area contributed by atoms with E-state index in [0.29, 0.717) is 11.7 Å². The maximum absolute atomic E-state index is 14.1. The highest BCUT2D eigenvalue weighted by Gasteiger charge is 2.41. The molecule has 1 saturated heterocycles. The van der Waals surface area contributed by atoms with E-state index in [1.54, 1.807) is 25.4 Å². The second-order valence-electron chi connectivity index (χ2n) is 8.74. The highest BCUT2D eigenvalue weighted by atomic mass is 32.1. The Hall–Kier alpha value is -3.71. The normalized spacial score (nSPS) is 17.5. The molecule has 2 aromatic heterocycles. The summed E-state index contributed by atoms with van der Waals surface area (Å²) < 4.78 is 21.5. The molecule has 1 N–H and O–H groups in total. The fraction of sp³-hybridized carbons (Fsp3) is 0.214. The van der Waals surface area contributed by atoms with Gasteiger partial charge in [-0.3, -0.25) is 4.98 Å². The molecule has 0 spiro atoms. The third-order valence-electron chi connectivity index (χ3n) is 6.57. The van der Waals surface area contributed by atoms with Crippen LogP contribution in [0, 0.1) is 19.7 Å². The van der Waals surface area contributed by atoms with E-state index in [2.05, 4.69) is 44.9 Å². The zero-order valence-corrected chi connectivity index (χ0v) is 20.7. The topological polar surface area (TPSA) is 42.3 Å². The summed E-state index contributed by atoms with van der Waals surface area (Å²) in [6, 6.07) is 22.6. The fourth-order valence-corrected chi connectivity index (χ4v) is 5.25. The molecule has 0 radical (unpaired) electrons. The number of ether oxygens (including phenoxy) is 1. The molecule has 0 unspecified atom stereocenters. The lowest BCUT2D eigenvalue weighted by Crippen LogP contribution is -2.29. The van der Waals surface area contributed by atoms with Crippen LogP contribution in [0.4, 0.5) is 4.39 Å². The molecule has 178 valence electrons. The Kier molecular flexibility index (Phi) is 6.26. The van der Waals surface area contributed by atoms with E-state index in [1.807, 2.05) is 43.3 Å². The van der Waals surface area contributed by atoms with Crippen LogP contribution in [-0.2, 0) is 6.54 Å². The van der Waals surface area contributed by atoms with E-state index >= 15 is 0 Å². The van der Waals surface area contributed by atoms with Crippen molar-refractivity contribution in [3.63, 3.8) is 0 Å². The predicted octanol–water partition coefficient (Wildman–Crippen LogP) is 5.81. The average Bonchev–Trinajstić information content (AvgIpc) is 3.34. The van der Waals surface area contributed by atoms with E-state index < -0.39 is 0 Å². The number of methoxy groups -OCH3 is 1. The lowest BCUT2D eigenvalue weighted by molar-refractivity contribution is 0.310. The number of hydrogen-bond acceptors (Lipinski definition) is 3. The van der Waals surface area contributed by atoms with Gasteiger partial charge >= 0.3 is 0 Å². The number of nitrogens with zero attached hydrogens (tertiary/aromatic N) is 3. The molecule has 4 aromatic rings. The van der Waals surface area contributed by atoms with E-state index in [4.69, 9.17) is 17.0 Å². The van der Waals surface area contributed by atoms with Crippen LogP contribution in [0.3, 0.4) is 0 Å². The summed E-state index contributed by atoms with van der Waals surface area (Å²) in [5.41, 5.74) is 6.06. The molecule has 1 fully saturated rings. The maximum Gasteiger partial charge on any atom is 0.170 e. The van der Waals surface area contributed by atoms with Gasteiger partial charge < -0.3 is 19.5 Å². The van der Waals surface area contributed by atoms with E-state index in [-0.39, 0.29) is 17.9 Å². The van der Waals surface area contributed by atoms with Gasteiger partial charge in [0, 0.05) is 29.8 Å². The number of pyridine rings is 1. The van der Waals surface area contributed by atoms with Crippen LogP contribution in [0.1, 0.15) is 40.3 Å². The first-order valence-electron chi connectivity index (χ1n) is 11.5. The van der Waals surface area contributed by atoms with Gasteiger partial charge in [-0.15, -0.1) is 0 Å². The van der Waals surface area contributed by atoms with Crippen molar-refractivity contribution >= 4 is 17.3 Å². The SMILES string of the molecule is COc1ccc(CN2C(=S)N[C@@H](c3ccccn3)[C@H]2c2cc(C)n(-c3cccc(F)c3)c2C)cc1. The van der Waals surface area contributed by atoms with E-state index in [9.17, 15) is 4.39 Å². The summed E-state index contributed by atoms with van der Waals surface area (Å²) >= 11 is 5.84. The van der Waals surface area contributed by atoms with Crippen molar-refractivity contribution < 1.29 is 9.13 Å². The number of nitrogens with one attached hydrogen (secondary N) is 1. The molecule has 0 saturated carbocycles. The molecule has 1 aliphatic heterocycles. The first-order chi connectivity index (χ1) is 17.0. The van der Waals surface area contributed by atoms with Crippen molar-refractivity contribution in [3.05, 3.63) is 113 Å². The number of aryl methyl sites for hydroxylation is 1. The van der Waals surface area contributed by atoms with Crippen LogP contribution >= 0.6 is 12.2 Å². The van der Waals surface area contributed by atoms with Gasteiger partial charge in [-0.2, -0.15) is 0 Å². The number of aromatic nitrogens is 2. The Bertz CT molecular complexity index is 1350. The lowest BCUT2D eigenvalue weighted by atomic mass is 9.96. The summed E-state index contributed by atoms with van der Waals surface area (Å²) in [4.78, 5) is 6.86. The molecular weight excluding hydrogens is 459 g/mol. The largest absolute Gasteiger partial charge is 0.497 e. The first-order valence-corrected chi connectivity index (χ1v) is 11.9. The zero-order valence-electron chi connectivity index (χ0n) is 19.9. The molecule has 3 heterocycles. The van der Waals surface area contributed by atoms with Crippen molar-refractivity contribution in [1.82, 2.24) is 19.8 Å². The Balaban J connectivity index is 1.60. The summed E-state index contributed by atoms with van der Waals surface area (Å²) in [7, 11) is 1.66. The standard InChI is InChI=1S/C28H27FN4OS/c1-18-15-24(19(2)33(18)22-8-6-7-21(29)16-22)27-26(25-9-4-5-14-30-25)31-28(35)32(27)17-20-10-12-23(34-3)13-11-20/h4-16,26-27H,17H2,1-3H3,(H,31,35)/t26-,27+/m0/s1. The Morgan fingerprint density at radius 2 is 1.83 bits per heavy atom. The van der Waals surface area contributed by atoms with Crippen molar-refractivity contribution in [1.29, 1.82) is 0 Å². The second-order valence-corrected chi connectivity index (χ2v) is 9.13. The molecule has 5 rings (SSSR count). The smallest absolute Gasteiger partial charge is 0.170 e. The van der Waals surface area contributed by atoms with Gasteiger partial charge in [0.15, 0.2) is 5.11 Å². The Morgan fingerprint density at radius 1 is 1.03 bits per heavy atom. The van der Waals surface area contributed by atoms with Crippen LogP contribution in [0.5, 0.6) is 5.75 Å². The minimum Gasteiger partial charge on any atom is -0.497 e. The van der Waals surface area contributed by atoms with Crippen molar-refractivity contribution in [2.75, 3.05) is 7.11 Å². The maximum atomic E-state index is 14.1. The minimum atomic E-state index is -0.257. The zero-order chi connectivity index (χ0) is 24.5. The van der Waals surface area contributed by atoms with E-state index in [0.717, 1.165) is 39.6 Å². The third-order valence-corrected chi connectivity index (χ3v) is 6.92. The number of hydrogen-bond donors (Lipinski definition) is 1. The van der Waals surface area contributed by atoms with E-state index in [1.165, 1.54) is 6.07 Å². The molecule has 0 bridgehead atoms.